The van der Waals surface area contributed by atoms with Crippen molar-refractivity contribution in [3.05, 3.63) is 29.8 Å². The van der Waals surface area contributed by atoms with Crippen LogP contribution in [0.4, 0.5) is 5.69 Å². The predicted octanol–water partition coefficient (Wildman–Crippen LogP) is 2.07. The first-order valence-electron chi connectivity index (χ1n) is 7.54. The molecule has 0 bridgehead atoms. The Morgan fingerprint density at radius 1 is 1.23 bits per heavy atom. The summed E-state index contributed by atoms with van der Waals surface area (Å²) in [6.45, 7) is 4.03. The van der Waals surface area contributed by atoms with Gasteiger partial charge >= 0.3 is 0 Å². The summed E-state index contributed by atoms with van der Waals surface area (Å²) >= 11 is 0. The smallest absolute Gasteiger partial charge is 0.253 e. The van der Waals surface area contributed by atoms with Gasteiger partial charge in [-0.15, -0.1) is 12.4 Å². The van der Waals surface area contributed by atoms with Crippen LogP contribution in [0.25, 0.3) is 0 Å². The monoisotopic (exact) mass is 325 g/mol. The Balaban J connectivity index is 0.00000242. The van der Waals surface area contributed by atoms with E-state index in [0.717, 1.165) is 25.8 Å². The van der Waals surface area contributed by atoms with E-state index in [1.807, 2.05) is 11.8 Å². The molecule has 1 saturated heterocycles. The quantitative estimate of drug-likeness (QED) is 0.832. The van der Waals surface area contributed by atoms with Gasteiger partial charge in [-0.1, -0.05) is 6.92 Å². The summed E-state index contributed by atoms with van der Waals surface area (Å²) in [7, 11) is 0. The highest BCUT2D eigenvalue weighted by Gasteiger charge is 2.27. The zero-order valence-electron chi connectivity index (χ0n) is 12.9. The number of hydrogen-bond donors (Lipinski definition) is 2. The van der Waals surface area contributed by atoms with Crippen LogP contribution in [0.2, 0.25) is 0 Å². The zero-order chi connectivity index (χ0) is 15.2. The molecule has 22 heavy (non-hydrogen) atoms. The second-order valence-corrected chi connectivity index (χ2v) is 5.48. The molecular weight excluding hydrogens is 302 g/mol. The molecule has 1 aliphatic heterocycles. The Morgan fingerprint density at radius 2 is 1.82 bits per heavy atom. The number of nitrogens with zero attached hydrogens (tertiary/aromatic N) is 1. The first kappa shape index (κ1) is 18.3. The van der Waals surface area contributed by atoms with E-state index >= 15 is 0 Å². The number of benzene rings is 1. The summed E-state index contributed by atoms with van der Waals surface area (Å²) < 4.78 is 0. The van der Waals surface area contributed by atoms with E-state index in [9.17, 15) is 9.59 Å². The van der Waals surface area contributed by atoms with E-state index in [0.29, 0.717) is 24.3 Å². The van der Waals surface area contributed by atoms with Gasteiger partial charge in [-0.05, 0) is 43.5 Å². The Morgan fingerprint density at radius 3 is 2.36 bits per heavy atom. The lowest BCUT2D eigenvalue weighted by Gasteiger charge is -2.31. The fraction of sp³-hybridized carbons (Fsp3) is 0.500. The minimum Gasteiger partial charge on any atom is -0.399 e. The molecule has 2 amide bonds. The average molecular weight is 326 g/mol. The van der Waals surface area contributed by atoms with E-state index in [1.165, 1.54) is 0 Å². The van der Waals surface area contributed by atoms with Crippen molar-refractivity contribution in [2.24, 2.45) is 5.92 Å². The summed E-state index contributed by atoms with van der Waals surface area (Å²) in [4.78, 5) is 26.1. The van der Waals surface area contributed by atoms with Gasteiger partial charge in [0.1, 0.15) is 0 Å². The molecule has 1 fully saturated rings. The second-order valence-electron chi connectivity index (χ2n) is 5.48. The van der Waals surface area contributed by atoms with Crippen LogP contribution >= 0.6 is 12.4 Å². The number of carbonyl (C=O) groups excluding carboxylic acids is 2. The highest BCUT2D eigenvalue weighted by Crippen LogP contribution is 2.19. The fourth-order valence-corrected chi connectivity index (χ4v) is 2.55. The third kappa shape index (κ3) is 4.63. The third-order valence-corrected chi connectivity index (χ3v) is 3.86. The first-order valence-corrected chi connectivity index (χ1v) is 7.54. The Labute approximate surface area is 137 Å². The Hall–Kier alpha value is -1.75. The Bertz CT molecular complexity index is 497. The number of nitrogen functional groups attached to an aromatic ring is 1. The summed E-state index contributed by atoms with van der Waals surface area (Å²) in [5.41, 5.74) is 6.93. The normalized spacial score (nSPS) is 15.0. The molecule has 0 atom stereocenters. The van der Waals surface area contributed by atoms with Crippen molar-refractivity contribution in [3.8, 4) is 0 Å². The van der Waals surface area contributed by atoms with E-state index in [-0.39, 0.29) is 30.1 Å². The van der Waals surface area contributed by atoms with Crippen molar-refractivity contribution < 1.29 is 9.59 Å². The summed E-state index contributed by atoms with van der Waals surface area (Å²) in [5, 5.41) is 2.93. The second kappa shape index (κ2) is 8.63. The largest absolute Gasteiger partial charge is 0.399 e. The van der Waals surface area contributed by atoms with Crippen LogP contribution in [-0.4, -0.2) is 36.3 Å². The van der Waals surface area contributed by atoms with E-state index in [4.69, 9.17) is 5.73 Å². The van der Waals surface area contributed by atoms with Crippen LogP contribution in [0.15, 0.2) is 24.3 Å². The molecule has 2 rings (SSSR count). The summed E-state index contributed by atoms with van der Waals surface area (Å²) in [6.07, 6.45) is 2.41. The number of nitrogens with one attached hydrogen (secondary N) is 1. The van der Waals surface area contributed by atoms with Gasteiger partial charge in [-0.2, -0.15) is 0 Å². The Kier molecular flexibility index (Phi) is 7.18. The summed E-state index contributed by atoms with van der Waals surface area (Å²) in [6, 6.07) is 6.96. The first-order chi connectivity index (χ1) is 10.1. The molecule has 1 heterocycles. The van der Waals surface area contributed by atoms with Crippen molar-refractivity contribution in [1.82, 2.24) is 10.2 Å². The molecular formula is C16H24ClN3O2. The third-order valence-electron chi connectivity index (χ3n) is 3.86. The van der Waals surface area contributed by atoms with Crippen LogP contribution in [0.1, 0.15) is 36.5 Å². The number of anilines is 1. The zero-order valence-corrected chi connectivity index (χ0v) is 13.7. The maximum atomic E-state index is 12.3. The maximum Gasteiger partial charge on any atom is 0.253 e. The summed E-state index contributed by atoms with van der Waals surface area (Å²) in [5.74, 6) is 0.172. The number of hydrogen-bond acceptors (Lipinski definition) is 3. The predicted molar refractivity (Wildman–Crippen MR) is 90.0 cm³/mol. The van der Waals surface area contributed by atoms with Crippen LogP contribution in [-0.2, 0) is 4.79 Å². The highest BCUT2D eigenvalue weighted by molar-refractivity contribution is 5.94. The van der Waals surface area contributed by atoms with E-state index in [2.05, 4.69) is 5.32 Å². The standard InChI is InChI=1S/C16H23N3O2.ClH/c1-2-9-18-15(20)12-7-10-19(11-8-12)16(21)13-3-5-14(17)6-4-13;/h3-6,12H,2,7-11,17H2,1H3,(H,18,20);1H. The minimum absolute atomic E-state index is 0. The molecule has 122 valence electrons. The van der Waals surface area contributed by atoms with Gasteiger partial charge in [-0.3, -0.25) is 9.59 Å². The molecule has 0 unspecified atom stereocenters. The molecule has 1 aromatic carbocycles. The van der Waals surface area contributed by atoms with Crippen molar-refractivity contribution in [2.75, 3.05) is 25.4 Å². The van der Waals surface area contributed by atoms with Gasteiger partial charge in [0, 0.05) is 36.8 Å². The highest BCUT2D eigenvalue weighted by atomic mass is 35.5. The van der Waals surface area contributed by atoms with Crippen LogP contribution in [0, 0.1) is 5.92 Å². The molecule has 1 aliphatic rings. The van der Waals surface area contributed by atoms with Crippen LogP contribution in [0.3, 0.4) is 0 Å². The van der Waals surface area contributed by atoms with Gasteiger partial charge in [0.25, 0.3) is 5.91 Å². The molecule has 3 N–H and O–H groups in total. The number of nitrogens with two attached hydrogens (primary N) is 1. The van der Waals surface area contributed by atoms with Gasteiger partial charge in [0.05, 0.1) is 0 Å². The fourth-order valence-electron chi connectivity index (χ4n) is 2.55. The van der Waals surface area contributed by atoms with Gasteiger partial charge < -0.3 is 16.0 Å². The van der Waals surface area contributed by atoms with Gasteiger partial charge in [-0.25, -0.2) is 0 Å². The molecule has 0 radical (unpaired) electrons. The maximum absolute atomic E-state index is 12.3. The van der Waals surface area contributed by atoms with Crippen molar-refractivity contribution in [3.63, 3.8) is 0 Å². The number of rotatable bonds is 4. The van der Waals surface area contributed by atoms with Crippen LogP contribution in [0.5, 0.6) is 0 Å². The SMILES string of the molecule is CCCNC(=O)C1CCN(C(=O)c2ccc(N)cc2)CC1.Cl. The number of amides is 2. The molecule has 5 nitrogen and oxygen atoms in total. The van der Waals surface area contributed by atoms with Gasteiger partial charge in [0.2, 0.25) is 5.91 Å². The molecule has 0 aromatic heterocycles. The molecule has 0 aliphatic carbocycles. The minimum atomic E-state index is 0. The number of piperidine rings is 1. The van der Waals surface area contributed by atoms with Gasteiger partial charge in [0.15, 0.2) is 0 Å². The average Bonchev–Trinajstić information content (AvgIpc) is 2.53. The van der Waals surface area contributed by atoms with Crippen molar-refractivity contribution in [2.45, 2.75) is 26.2 Å². The number of likely N-dealkylation sites (tertiary alicyclic amines) is 1. The number of carbonyl (C=O) groups is 2. The van der Waals surface area contributed by atoms with E-state index < -0.39 is 0 Å². The van der Waals surface area contributed by atoms with Crippen LogP contribution < -0.4 is 11.1 Å². The molecule has 0 spiro atoms. The molecule has 6 heteroatoms. The lowest BCUT2D eigenvalue weighted by molar-refractivity contribution is -0.126. The van der Waals surface area contributed by atoms with Crippen molar-refractivity contribution >= 4 is 29.9 Å². The number of halogens is 1. The lowest BCUT2D eigenvalue weighted by atomic mass is 9.95. The lowest BCUT2D eigenvalue weighted by Crippen LogP contribution is -2.43. The van der Waals surface area contributed by atoms with Crippen molar-refractivity contribution in [1.29, 1.82) is 0 Å². The topological polar surface area (TPSA) is 75.4 Å². The van der Waals surface area contributed by atoms with E-state index in [1.54, 1.807) is 24.3 Å². The molecule has 0 saturated carbocycles. The molecule has 1 aromatic rings.